The zero-order valence-corrected chi connectivity index (χ0v) is 15.9. The number of ether oxygens (including phenoxy) is 2. The molecule has 1 aromatic heterocycles. The van der Waals surface area contributed by atoms with Gasteiger partial charge in [-0.05, 0) is 55.5 Å². The number of nitrogens with one attached hydrogen (secondary N) is 2. The average molecular weight is 377 g/mol. The molecule has 28 heavy (non-hydrogen) atoms. The first-order valence-electron chi connectivity index (χ1n) is 8.99. The van der Waals surface area contributed by atoms with E-state index in [-0.39, 0.29) is 5.91 Å². The van der Waals surface area contributed by atoms with Crippen LogP contribution in [0.4, 0.5) is 11.5 Å². The van der Waals surface area contributed by atoms with Crippen molar-refractivity contribution >= 4 is 17.4 Å². The second-order valence-corrected chi connectivity index (χ2v) is 6.21. The summed E-state index contributed by atoms with van der Waals surface area (Å²) in [6.07, 6.45) is 1.68. The van der Waals surface area contributed by atoms with Gasteiger partial charge in [-0.15, -0.1) is 0 Å². The Hall–Kier alpha value is -3.54. The summed E-state index contributed by atoms with van der Waals surface area (Å²) in [5, 5.41) is 6.03. The quantitative estimate of drug-likeness (QED) is 0.577. The molecule has 1 amide bonds. The van der Waals surface area contributed by atoms with Crippen LogP contribution in [-0.4, -0.2) is 31.2 Å². The van der Waals surface area contributed by atoms with Crippen molar-refractivity contribution < 1.29 is 14.3 Å². The Morgan fingerprint density at radius 3 is 2.50 bits per heavy atom. The van der Waals surface area contributed by atoms with E-state index in [1.807, 2.05) is 55.5 Å². The van der Waals surface area contributed by atoms with E-state index in [1.165, 1.54) is 0 Å². The number of hydrogen-bond donors (Lipinski definition) is 2. The number of benzene rings is 2. The van der Waals surface area contributed by atoms with Gasteiger partial charge in [-0.3, -0.25) is 4.79 Å². The summed E-state index contributed by atoms with van der Waals surface area (Å²) in [6.45, 7) is 3.09. The molecule has 0 radical (unpaired) electrons. The van der Waals surface area contributed by atoms with E-state index in [0.717, 1.165) is 22.7 Å². The van der Waals surface area contributed by atoms with E-state index in [2.05, 4.69) is 15.6 Å². The van der Waals surface area contributed by atoms with E-state index < -0.39 is 0 Å². The number of hydrogen-bond acceptors (Lipinski definition) is 5. The minimum Gasteiger partial charge on any atom is -0.497 e. The number of nitrogens with zero attached hydrogens (tertiary/aromatic N) is 1. The minimum atomic E-state index is -0.176. The third-order valence-corrected chi connectivity index (χ3v) is 4.04. The second-order valence-electron chi connectivity index (χ2n) is 6.21. The molecule has 3 rings (SSSR count). The van der Waals surface area contributed by atoms with Crippen molar-refractivity contribution in [2.75, 3.05) is 30.9 Å². The molecule has 2 N–H and O–H groups in total. The first-order valence-corrected chi connectivity index (χ1v) is 8.99. The van der Waals surface area contributed by atoms with Crippen LogP contribution >= 0.6 is 0 Å². The minimum absolute atomic E-state index is 0.176. The number of amides is 1. The lowest BCUT2D eigenvalue weighted by Crippen LogP contribution is -2.14. The standard InChI is InChI=1S/C22H23N3O3/c1-16-4-3-5-17(14-16)22(26)25-21-11-6-18(15-24-21)23-12-13-28-20-9-7-19(27-2)8-10-20/h3-11,14-15,23H,12-13H2,1-2H3,(H,24,25,26). The number of carbonyl (C=O) groups is 1. The maximum atomic E-state index is 12.2. The van der Waals surface area contributed by atoms with Crippen LogP contribution in [0, 0.1) is 6.92 Å². The summed E-state index contributed by atoms with van der Waals surface area (Å²) in [5.41, 5.74) is 2.50. The van der Waals surface area contributed by atoms with Crippen molar-refractivity contribution in [2.24, 2.45) is 0 Å². The lowest BCUT2D eigenvalue weighted by Gasteiger charge is -2.10. The van der Waals surface area contributed by atoms with Crippen molar-refractivity contribution in [3.05, 3.63) is 78.0 Å². The van der Waals surface area contributed by atoms with Crippen LogP contribution < -0.4 is 20.1 Å². The molecule has 0 bridgehead atoms. The first-order chi connectivity index (χ1) is 13.6. The highest BCUT2D eigenvalue weighted by molar-refractivity contribution is 6.03. The fourth-order valence-electron chi connectivity index (χ4n) is 2.58. The van der Waals surface area contributed by atoms with Gasteiger partial charge in [-0.1, -0.05) is 17.7 Å². The molecule has 0 unspecified atom stereocenters. The predicted molar refractivity (Wildman–Crippen MR) is 110 cm³/mol. The van der Waals surface area contributed by atoms with E-state index in [0.29, 0.717) is 24.5 Å². The molecule has 2 aromatic carbocycles. The molecule has 0 aliphatic rings. The van der Waals surface area contributed by atoms with Crippen LogP contribution in [0.25, 0.3) is 0 Å². The van der Waals surface area contributed by atoms with Crippen molar-refractivity contribution in [3.63, 3.8) is 0 Å². The third-order valence-electron chi connectivity index (χ3n) is 4.04. The van der Waals surface area contributed by atoms with Gasteiger partial charge in [0.05, 0.1) is 19.0 Å². The van der Waals surface area contributed by atoms with Gasteiger partial charge in [-0.2, -0.15) is 0 Å². The molecule has 0 saturated carbocycles. The molecule has 1 heterocycles. The van der Waals surface area contributed by atoms with Crippen LogP contribution in [-0.2, 0) is 0 Å². The number of aromatic nitrogens is 1. The molecule has 0 aliphatic carbocycles. The Balaban J connectivity index is 1.44. The van der Waals surface area contributed by atoms with Crippen molar-refractivity contribution in [1.29, 1.82) is 0 Å². The molecule has 0 aliphatic heterocycles. The van der Waals surface area contributed by atoms with Crippen molar-refractivity contribution in [3.8, 4) is 11.5 Å². The fourth-order valence-corrected chi connectivity index (χ4v) is 2.58. The zero-order chi connectivity index (χ0) is 19.8. The first kappa shape index (κ1) is 19.2. The van der Waals surface area contributed by atoms with Crippen molar-refractivity contribution in [2.45, 2.75) is 6.92 Å². The van der Waals surface area contributed by atoms with E-state index in [9.17, 15) is 4.79 Å². The molecule has 3 aromatic rings. The Labute approximate surface area is 164 Å². The molecule has 6 nitrogen and oxygen atoms in total. The van der Waals surface area contributed by atoms with Crippen LogP contribution in [0.1, 0.15) is 15.9 Å². The number of carbonyl (C=O) groups excluding carboxylic acids is 1. The smallest absolute Gasteiger partial charge is 0.256 e. The van der Waals surface area contributed by atoms with Crippen molar-refractivity contribution in [1.82, 2.24) is 4.98 Å². The van der Waals surface area contributed by atoms with Crippen LogP contribution in [0.2, 0.25) is 0 Å². The summed E-state index contributed by atoms with van der Waals surface area (Å²) in [5.74, 6) is 1.91. The molecular weight excluding hydrogens is 354 g/mol. The molecule has 0 spiro atoms. The highest BCUT2D eigenvalue weighted by Crippen LogP contribution is 2.17. The number of pyridine rings is 1. The monoisotopic (exact) mass is 377 g/mol. The zero-order valence-electron chi connectivity index (χ0n) is 15.9. The Morgan fingerprint density at radius 1 is 1.04 bits per heavy atom. The molecule has 0 atom stereocenters. The van der Waals surface area contributed by atoms with Crippen LogP contribution in [0.5, 0.6) is 11.5 Å². The van der Waals surface area contributed by atoms with E-state index in [1.54, 1.807) is 25.4 Å². The summed E-state index contributed by atoms with van der Waals surface area (Å²) < 4.78 is 10.8. The van der Waals surface area contributed by atoms with Crippen LogP contribution in [0.15, 0.2) is 66.9 Å². The lowest BCUT2D eigenvalue weighted by molar-refractivity contribution is 0.102. The number of aryl methyl sites for hydroxylation is 1. The summed E-state index contributed by atoms with van der Waals surface area (Å²) >= 11 is 0. The Morgan fingerprint density at radius 2 is 1.82 bits per heavy atom. The number of anilines is 2. The SMILES string of the molecule is COc1ccc(OCCNc2ccc(NC(=O)c3cccc(C)c3)nc2)cc1. The van der Waals surface area contributed by atoms with Gasteiger partial charge in [0.1, 0.15) is 23.9 Å². The molecule has 6 heteroatoms. The summed E-state index contributed by atoms with van der Waals surface area (Å²) in [6, 6.07) is 18.5. The molecule has 0 fully saturated rings. The lowest BCUT2D eigenvalue weighted by atomic mass is 10.1. The van der Waals surface area contributed by atoms with E-state index >= 15 is 0 Å². The molecule has 0 saturated heterocycles. The van der Waals surface area contributed by atoms with Gasteiger partial charge in [0, 0.05) is 12.1 Å². The van der Waals surface area contributed by atoms with Gasteiger partial charge in [0.2, 0.25) is 0 Å². The van der Waals surface area contributed by atoms with Gasteiger partial charge >= 0.3 is 0 Å². The van der Waals surface area contributed by atoms with Gasteiger partial charge in [0.25, 0.3) is 5.91 Å². The summed E-state index contributed by atoms with van der Waals surface area (Å²) in [7, 11) is 1.63. The second kappa shape index (κ2) is 9.41. The fraction of sp³-hybridized carbons (Fsp3) is 0.182. The molecular formula is C22H23N3O3. The largest absolute Gasteiger partial charge is 0.497 e. The van der Waals surface area contributed by atoms with Gasteiger partial charge < -0.3 is 20.1 Å². The van der Waals surface area contributed by atoms with Gasteiger partial charge in [-0.25, -0.2) is 4.98 Å². The Bertz CT molecular complexity index is 909. The normalized spacial score (nSPS) is 10.2. The summed E-state index contributed by atoms with van der Waals surface area (Å²) in [4.78, 5) is 16.5. The maximum absolute atomic E-state index is 12.2. The van der Waals surface area contributed by atoms with Gasteiger partial charge in [0.15, 0.2) is 0 Å². The van der Waals surface area contributed by atoms with Crippen LogP contribution in [0.3, 0.4) is 0 Å². The predicted octanol–water partition coefficient (Wildman–Crippen LogP) is 4.14. The maximum Gasteiger partial charge on any atom is 0.256 e. The topological polar surface area (TPSA) is 72.5 Å². The highest BCUT2D eigenvalue weighted by Gasteiger charge is 2.06. The Kier molecular flexibility index (Phi) is 6.46. The van der Waals surface area contributed by atoms with E-state index in [4.69, 9.17) is 9.47 Å². The third kappa shape index (κ3) is 5.48. The number of methoxy groups -OCH3 is 1. The molecule has 144 valence electrons. The number of rotatable bonds is 8. The highest BCUT2D eigenvalue weighted by atomic mass is 16.5. The average Bonchev–Trinajstić information content (AvgIpc) is 2.73.